The maximum Gasteiger partial charge on any atom is 0.0626 e. The van der Waals surface area contributed by atoms with Crippen LogP contribution in [0.15, 0.2) is 11.6 Å². The van der Waals surface area contributed by atoms with E-state index in [2.05, 4.69) is 32.2 Å². The summed E-state index contributed by atoms with van der Waals surface area (Å²) in [4.78, 5) is 0. The van der Waals surface area contributed by atoms with Crippen LogP contribution < -0.4 is 5.32 Å². The van der Waals surface area contributed by atoms with Crippen LogP contribution >= 0.6 is 0 Å². The topological polar surface area (TPSA) is 21.3 Å². The summed E-state index contributed by atoms with van der Waals surface area (Å²) >= 11 is 0. The number of hydrogen-bond acceptors (Lipinski definition) is 2. The van der Waals surface area contributed by atoms with E-state index < -0.39 is 0 Å². The van der Waals surface area contributed by atoms with Crippen LogP contribution in [-0.4, -0.2) is 25.3 Å². The number of nitrogens with one attached hydrogen (secondary N) is 1. The van der Waals surface area contributed by atoms with E-state index >= 15 is 0 Å². The van der Waals surface area contributed by atoms with Gasteiger partial charge in [-0.25, -0.2) is 0 Å². The average Bonchev–Trinajstić information content (AvgIpc) is 2.27. The third kappa shape index (κ3) is 5.66. The van der Waals surface area contributed by atoms with Crippen molar-refractivity contribution in [1.82, 2.24) is 5.32 Å². The normalized spacial score (nSPS) is 18.6. The van der Waals surface area contributed by atoms with Crippen molar-refractivity contribution in [2.75, 3.05) is 13.2 Å². The summed E-state index contributed by atoms with van der Waals surface area (Å²) in [6.45, 7) is 8.23. The first-order chi connectivity index (χ1) is 7.72. The lowest BCUT2D eigenvalue weighted by Gasteiger charge is -2.22. The van der Waals surface area contributed by atoms with Gasteiger partial charge < -0.3 is 10.1 Å². The number of rotatable bonds is 7. The second-order valence-corrected chi connectivity index (χ2v) is 4.95. The highest BCUT2D eigenvalue weighted by Gasteiger charge is 2.12. The highest BCUT2D eigenvalue weighted by molar-refractivity contribution is 5.07. The smallest absolute Gasteiger partial charge is 0.0626 e. The van der Waals surface area contributed by atoms with E-state index in [0.717, 1.165) is 13.2 Å². The van der Waals surface area contributed by atoms with Gasteiger partial charge in [-0.15, -0.1) is 0 Å². The Hall–Kier alpha value is -0.340. The molecule has 0 radical (unpaired) electrons. The van der Waals surface area contributed by atoms with E-state index in [1.807, 2.05) is 0 Å². The molecular weight excluding hydrogens is 198 g/mol. The molecule has 94 valence electrons. The van der Waals surface area contributed by atoms with Crippen molar-refractivity contribution >= 4 is 0 Å². The minimum Gasteiger partial charge on any atom is -0.377 e. The maximum atomic E-state index is 5.71. The first-order valence-electron chi connectivity index (χ1n) is 6.75. The molecule has 0 saturated heterocycles. The molecule has 1 atom stereocenters. The Balaban J connectivity index is 2.33. The first kappa shape index (κ1) is 13.7. The summed E-state index contributed by atoms with van der Waals surface area (Å²) in [5.41, 5.74) is 1.63. The molecule has 0 aromatic carbocycles. The first-order valence-corrected chi connectivity index (χ1v) is 6.75. The molecule has 0 aromatic rings. The second kappa shape index (κ2) is 7.86. The van der Waals surface area contributed by atoms with E-state index in [9.17, 15) is 0 Å². The molecule has 0 aromatic heterocycles. The molecule has 0 aliphatic heterocycles. The molecule has 1 aliphatic rings. The fraction of sp³-hybridized carbons (Fsp3) is 0.857. The molecule has 1 rings (SSSR count). The molecule has 0 heterocycles. The molecule has 1 aliphatic carbocycles. The van der Waals surface area contributed by atoms with Gasteiger partial charge in [-0.3, -0.25) is 0 Å². The van der Waals surface area contributed by atoms with E-state index in [0.29, 0.717) is 12.1 Å². The number of ether oxygens (including phenoxy) is 1. The molecule has 0 spiro atoms. The van der Waals surface area contributed by atoms with Crippen molar-refractivity contribution in [3.05, 3.63) is 11.6 Å². The average molecular weight is 225 g/mol. The summed E-state index contributed by atoms with van der Waals surface area (Å²) in [5, 5.41) is 3.52. The van der Waals surface area contributed by atoms with E-state index in [1.165, 1.54) is 32.1 Å². The second-order valence-electron chi connectivity index (χ2n) is 4.95. The highest BCUT2D eigenvalue weighted by Crippen LogP contribution is 2.21. The quantitative estimate of drug-likeness (QED) is 0.671. The Bertz CT molecular complexity index is 211. The monoisotopic (exact) mass is 225 g/mol. The van der Waals surface area contributed by atoms with Gasteiger partial charge in [0.25, 0.3) is 0 Å². The predicted octanol–water partition coefficient (Wildman–Crippen LogP) is 3.28. The zero-order valence-corrected chi connectivity index (χ0v) is 11.1. The third-order valence-electron chi connectivity index (χ3n) is 3.02. The van der Waals surface area contributed by atoms with Gasteiger partial charge in [0.15, 0.2) is 0 Å². The largest absolute Gasteiger partial charge is 0.377 e. The minimum atomic E-state index is 0.335. The van der Waals surface area contributed by atoms with Crippen LogP contribution in [0.2, 0.25) is 0 Å². The van der Waals surface area contributed by atoms with E-state index in [1.54, 1.807) is 5.57 Å². The molecule has 1 N–H and O–H groups in total. The van der Waals surface area contributed by atoms with Gasteiger partial charge in [-0.1, -0.05) is 18.6 Å². The van der Waals surface area contributed by atoms with Crippen molar-refractivity contribution in [3.63, 3.8) is 0 Å². The van der Waals surface area contributed by atoms with Gasteiger partial charge in [-0.05, 0) is 52.5 Å². The molecule has 0 fully saturated rings. The molecule has 0 bridgehead atoms. The minimum absolute atomic E-state index is 0.335. The van der Waals surface area contributed by atoms with Crippen LogP contribution in [0.4, 0.5) is 0 Å². The molecule has 0 amide bonds. The molecule has 0 saturated carbocycles. The lowest BCUT2D eigenvalue weighted by Crippen LogP contribution is -2.34. The molecule has 16 heavy (non-hydrogen) atoms. The lowest BCUT2D eigenvalue weighted by atomic mass is 9.94. The Morgan fingerprint density at radius 2 is 2.19 bits per heavy atom. The van der Waals surface area contributed by atoms with Crippen molar-refractivity contribution < 1.29 is 4.74 Å². The van der Waals surface area contributed by atoms with E-state index in [4.69, 9.17) is 4.74 Å². The summed E-state index contributed by atoms with van der Waals surface area (Å²) in [6.07, 6.45) is 9.25. The SMILES string of the molecule is CCNC(COC(C)C)CC1=CCCCC1. The summed E-state index contributed by atoms with van der Waals surface area (Å²) in [6, 6.07) is 0.497. The fourth-order valence-electron chi connectivity index (χ4n) is 2.19. The van der Waals surface area contributed by atoms with Gasteiger partial charge in [0.1, 0.15) is 0 Å². The summed E-state index contributed by atoms with van der Waals surface area (Å²) in [5.74, 6) is 0. The summed E-state index contributed by atoms with van der Waals surface area (Å²) < 4.78 is 5.71. The van der Waals surface area contributed by atoms with Gasteiger partial charge in [0, 0.05) is 6.04 Å². The van der Waals surface area contributed by atoms with Gasteiger partial charge >= 0.3 is 0 Å². The zero-order chi connectivity index (χ0) is 11.8. The van der Waals surface area contributed by atoms with Crippen molar-refractivity contribution in [3.8, 4) is 0 Å². The van der Waals surface area contributed by atoms with E-state index in [-0.39, 0.29) is 0 Å². The number of likely N-dealkylation sites (N-methyl/N-ethyl adjacent to an activating group) is 1. The van der Waals surface area contributed by atoms with Crippen molar-refractivity contribution in [2.45, 2.75) is 65.0 Å². The van der Waals surface area contributed by atoms with Crippen LogP contribution in [0.3, 0.4) is 0 Å². The van der Waals surface area contributed by atoms with Crippen LogP contribution in [0.5, 0.6) is 0 Å². The lowest BCUT2D eigenvalue weighted by molar-refractivity contribution is 0.0614. The zero-order valence-electron chi connectivity index (χ0n) is 11.1. The van der Waals surface area contributed by atoms with Crippen LogP contribution in [0.1, 0.15) is 52.9 Å². The number of allylic oxidation sites excluding steroid dienone is 1. The molecule has 2 nitrogen and oxygen atoms in total. The third-order valence-corrected chi connectivity index (χ3v) is 3.02. The molecule has 2 heteroatoms. The van der Waals surface area contributed by atoms with Crippen LogP contribution in [0, 0.1) is 0 Å². The predicted molar refractivity (Wildman–Crippen MR) is 69.7 cm³/mol. The van der Waals surface area contributed by atoms with Gasteiger partial charge in [0.2, 0.25) is 0 Å². The Morgan fingerprint density at radius 3 is 2.75 bits per heavy atom. The standard InChI is InChI=1S/C14H27NO/c1-4-15-14(11-16-12(2)3)10-13-8-6-5-7-9-13/h8,12,14-15H,4-7,9-11H2,1-3H3. The van der Waals surface area contributed by atoms with Crippen LogP contribution in [0.25, 0.3) is 0 Å². The maximum absolute atomic E-state index is 5.71. The molecular formula is C14H27NO. The fourth-order valence-corrected chi connectivity index (χ4v) is 2.19. The molecule has 1 unspecified atom stereocenters. The van der Waals surface area contributed by atoms with Crippen molar-refractivity contribution in [2.24, 2.45) is 0 Å². The highest BCUT2D eigenvalue weighted by atomic mass is 16.5. The Kier molecular flexibility index (Phi) is 6.74. The Morgan fingerprint density at radius 1 is 1.38 bits per heavy atom. The van der Waals surface area contributed by atoms with Crippen LogP contribution in [-0.2, 0) is 4.74 Å². The van der Waals surface area contributed by atoms with Gasteiger partial charge in [0.05, 0.1) is 12.7 Å². The summed E-state index contributed by atoms with van der Waals surface area (Å²) in [7, 11) is 0. The van der Waals surface area contributed by atoms with Crippen molar-refractivity contribution in [1.29, 1.82) is 0 Å². The number of hydrogen-bond donors (Lipinski definition) is 1. The Labute approximate surface area is 100 Å². The van der Waals surface area contributed by atoms with Gasteiger partial charge in [-0.2, -0.15) is 0 Å².